The smallest absolute Gasteiger partial charge is 0.273 e. The molecule has 2 aromatic rings. The Kier molecular flexibility index (Phi) is 5.07. The number of carbonyl (C=O) groups is 1. The highest BCUT2D eigenvalue weighted by Crippen LogP contribution is 2.14. The molecule has 0 N–H and O–H groups in total. The van der Waals surface area contributed by atoms with E-state index in [1.165, 1.54) is 16.2 Å². The van der Waals surface area contributed by atoms with Crippen LogP contribution in [0.15, 0.2) is 28.4 Å². The Morgan fingerprint density at radius 2 is 2.21 bits per heavy atom. The van der Waals surface area contributed by atoms with Crippen molar-refractivity contribution in [1.82, 2.24) is 14.8 Å². The van der Waals surface area contributed by atoms with Gasteiger partial charge in [-0.25, -0.2) is 4.98 Å². The summed E-state index contributed by atoms with van der Waals surface area (Å²) >= 11 is 3.13. The van der Waals surface area contributed by atoms with Crippen LogP contribution in [0.1, 0.15) is 15.4 Å². The minimum Gasteiger partial charge on any atom is -0.331 e. The van der Waals surface area contributed by atoms with Gasteiger partial charge in [-0.05, 0) is 25.5 Å². The Morgan fingerprint density at radius 3 is 2.79 bits per heavy atom. The molecule has 0 radical (unpaired) electrons. The van der Waals surface area contributed by atoms with Crippen molar-refractivity contribution in [3.63, 3.8) is 0 Å². The number of likely N-dealkylation sites (N-methyl/N-ethyl adjacent to an activating group) is 1. The quantitative estimate of drug-likeness (QED) is 0.821. The van der Waals surface area contributed by atoms with Crippen LogP contribution in [0.3, 0.4) is 0 Å². The number of amides is 1. The van der Waals surface area contributed by atoms with Crippen molar-refractivity contribution in [2.24, 2.45) is 0 Å². The summed E-state index contributed by atoms with van der Waals surface area (Å²) in [5.74, 6) is 0.0106. The summed E-state index contributed by atoms with van der Waals surface area (Å²) in [4.78, 5) is 21.6. The summed E-state index contributed by atoms with van der Waals surface area (Å²) in [6.45, 7) is 2.21. The lowest BCUT2D eigenvalue weighted by atomic mass is 10.3. The first kappa shape index (κ1) is 14.2. The Hall–Kier alpha value is -1.24. The van der Waals surface area contributed by atoms with E-state index in [0.717, 1.165) is 6.54 Å². The van der Waals surface area contributed by atoms with Gasteiger partial charge < -0.3 is 9.80 Å². The Labute approximate surface area is 121 Å². The second-order valence-electron chi connectivity index (χ2n) is 4.48. The molecule has 0 aliphatic heterocycles. The van der Waals surface area contributed by atoms with Crippen molar-refractivity contribution in [2.45, 2.75) is 6.54 Å². The molecule has 0 saturated carbocycles. The van der Waals surface area contributed by atoms with E-state index in [-0.39, 0.29) is 5.91 Å². The zero-order valence-electron chi connectivity index (χ0n) is 11.1. The standard InChI is InChI=1S/C13H17N3OS2/c1-15(2)5-6-16(8-11-4-3-7-19-11)13(17)12-9-18-10-14-12/h3-4,7,9-10H,5-6,8H2,1-2H3. The maximum atomic E-state index is 12.4. The Balaban J connectivity index is 2.07. The van der Waals surface area contributed by atoms with Crippen molar-refractivity contribution in [2.75, 3.05) is 27.2 Å². The second kappa shape index (κ2) is 6.79. The molecule has 1 amide bonds. The molecule has 19 heavy (non-hydrogen) atoms. The fourth-order valence-electron chi connectivity index (χ4n) is 1.64. The van der Waals surface area contributed by atoms with Crippen molar-refractivity contribution in [3.05, 3.63) is 39.0 Å². The number of rotatable bonds is 6. The average molecular weight is 295 g/mol. The van der Waals surface area contributed by atoms with Gasteiger partial charge in [0.05, 0.1) is 12.1 Å². The van der Waals surface area contributed by atoms with Gasteiger partial charge in [0.15, 0.2) is 0 Å². The predicted molar refractivity (Wildman–Crippen MR) is 79.7 cm³/mol. The Bertz CT molecular complexity index is 494. The molecule has 0 aliphatic rings. The van der Waals surface area contributed by atoms with Crippen molar-refractivity contribution < 1.29 is 4.79 Å². The molecule has 2 heterocycles. The normalized spacial score (nSPS) is 10.9. The van der Waals surface area contributed by atoms with E-state index >= 15 is 0 Å². The molecule has 0 bridgehead atoms. The minimum absolute atomic E-state index is 0.0106. The molecule has 0 unspecified atom stereocenters. The van der Waals surface area contributed by atoms with E-state index in [1.54, 1.807) is 22.2 Å². The third-order valence-corrected chi connectivity index (χ3v) is 4.13. The van der Waals surface area contributed by atoms with Crippen LogP contribution in [0.5, 0.6) is 0 Å². The van der Waals surface area contributed by atoms with Gasteiger partial charge in [0, 0.05) is 23.3 Å². The first-order valence-electron chi connectivity index (χ1n) is 6.01. The summed E-state index contributed by atoms with van der Waals surface area (Å²) in [6, 6.07) is 4.07. The molecule has 0 aliphatic carbocycles. The number of aromatic nitrogens is 1. The molecular weight excluding hydrogens is 278 g/mol. The highest BCUT2D eigenvalue weighted by molar-refractivity contribution is 7.09. The summed E-state index contributed by atoms with van der Waals surface area (Å²) < 4.78 is 0. The molecule has 0 atom stereocenters. The zero-order valence-corrected chi connectivity index (χ0v) is 12.7. The van der Waals surface area contributed by atoms with Crippen LogP contribution in [0.4, 0.5) is 0 Å². The van der Waals surface area contributed by atoms with Crippen LogP contribution in [0.2, 0.25) is 0 Å². The summed E-state index contributed by atoms with van der Waals surface area (Å²) in [5.41, 5.74) is 2.24. The van der Waals surface area contributed by atoms with Crippen LogP contribution in [-0.2, 0) is 6.54 Å². The molecule has 6 heteroatoms. The minimum atomic E-state index is 0.0106. The van der Waals surface area contributed by atoms with Gasteiger partial charge in [0.25, 0.3) is 5.91 Å². The number of nitrogens with zero attached hydrogens (tertiary/aromatic N) is 3. The van der Waals surface area contributed by atoms with Crippen LogP contribution in [0.25, 0.3) is 0 Å². The molecule has 2 aromatic heterocycles. The van der Waals surface area contributed by atoms with Gasteiger partial charge in [-0.3, -0.25) is 4.79 Å². The largest absolute Gasteiger partial charge is 0.331 e. The van der Waals surface area contributed by atoms with Crippen LogP contribution in [-0.4, -0.2) is 47.9 Å². The molecule has 2 rings (SSSR count). The van der Waals surface area contributed by atoms with Gasteiger partial charge >= 0.3 is 0 Å². The average Bonchev–Trinajstić information content (AvgIpc) is 3.06. The fraction of sp³-hybridized carbons (Fsp3) is 0.385. The molecule has 102 valence electrons. The van der Waals surface area contributed by atoms with Crippen molar-refractivity contribution >= 4 is 28.6 Å². The van der Waals surface area contributed by atoms with Crippen LogP contribution in [0, 0.1) is 0 Å². The van der Waals surface area contributed by atoms with Crippen LogP contribution >= 0.6 is 22.7 Å². The van der Waals surface area contributed by atoms with E-state index in [4.69, 9.17) is 0 Å². The number of thiophene rings is 1. The molecule has 4 nitrogen and oxygen atoms in total. The summed E-state index contributed by atoms with van der Waals surface area (Å²) in [6.07, 6.45) is 0. The van der Waals surface area contributed by atoms with E-state index in [1.807, 2.05) is 30.4 Å². The third-order valence-electron chi connectivity index (χ3n) is 2.68. The van der Waals surface area contributed by atoms with Gasteiger partial charge in [-0.2, -0.15) is 0 Å². The van der Waals surface area contributed by atoms with Gasteiger partial charge in [-0.15, -0.1) is 22.7 Å². The van der Waals surface area contributed by atoms with E-state index in [2.05, 4.69) is 16.0 Å². The first-order valence-corrected chi connectivity index (χ1v) is 7.83. The van der Waals surface area contributed by atoms with Crippen molar-refractivity contribution in [3.8, 4) is 0 Å². The predicted octanol–water partition coefficient (Wildman–Crippen LogP) is 2.41. The van der Waals surface area contributed by atoms with E-state index < -0.39 is 0 Å². The highest BCUT2D eigenvalue weighted by Gasteiger charge is 2.18. The molecule has 0 spiro atoms. The fourth-order valence-corrected chi connectivity index (χ4v) is 2.89. The molecule has 0 fully saturated rings. The lowest BCUT2D eigenvalue weighted by Gasteiger charge is -2.23. The number of thiazole rings is 1. The van der Waals surface area contributed by atoms with Gasteiger partial charge in [-0.1, -0.05) is 6.07 Å². The van der Waals surface area contributed by atoms with Gasteiger partial charge in [0.2, 0.25) is 0 Å². The molecule has 0 aromatic carbocycles. The SMILES string of the molecule is CN(C)CCN(Cc1cccs1)C(=O)c1cscn1. The lowest BCUT2D eigenvalue weighted by molar-refractivity contribution is 0.0728. The summed E-state index contributed by atoms with van der Waals surface area (Å²) in [5, 5.41) is 3.84. The third kappa shape index (κ3) is 4.12. The molecular formula is C13H17N3OS2. The maximum Gasteiger partial charge on any atom is 0.273 e. The van der Waals surface area contributed by atoms with E-state index in [9.17, 15) is 4.79 Å². The number of hydrogen-bond acceptors (Lipinski definition) is 5. The van der Waals surface area contributed by atoms with Gasteiger partial charge in [0.1, 0.15) is 5.69 Å². The highest BCUT2D eigenvalue weighted by atomic mass is 32.1. The van der Waals surface area contributed by atoms with Crippen molar-refractivity contribution in [1.29, 1.82) is 0 Å². The monoisotopic (exact) mass is 295 g/mol. The lowest BCUT2D eigenvalue weighted by Crippen LogP contribution is -2.36. The zero-order chi connectivity index (χ0) is 13.7. The van der Waals surface area contributed by atoms with E-state index in [0.29, 0.717) is 18.8 Å². The molecule has 0 saturated heterocycles. The summed E-state index contributed by atoms with van der Waals surface area (Å²) in [7, 11) is 4.02. The maximum absolute atomic E-state index is 12.4. The number of carbonyl (C=O) groups excluding carboxylic acids is 1. The van der Waals surface area contributed by atoms with Crippen LogP contribution < -0.4 is 0 Å². The number of hydrogen-bond donors (Lipinski definition) is 0. The second-order valence-corrected chi connectivity index (χ2v) is 6.23. The first-order chi connectivity index (χ1) is 9.16. The Morgan fingerprint density at radius 1 is 1.37 bits per heavy atom. The topological polar surface area (TPSA) is 36.4 Å².